The molecule has 1 saturated carbocycles. The van der Waals surface area contributed by atoms with Gasteiger partial charge in [-0.2, -0.15) is 0 Å². The van der Waals surface area contributed by atoms with E-state index >= 15 is 0 Å². The first-order valence-electron chi connectivity index (χ1n) is 7.99. The van der Waals surface area contributed by atoms with Gasteiger partial charge < -0.3 is 16.0 Å². The van der Waals surface area contributed by atoms with Gasteiger partial charge in [0.25, 0.3) is 0 Å². The number of hydrogen-bond donors (Lipinski definition) is 3. The highest BCUT2D eigenvalue weighted by Gasteiger charge is 2.26. The molecule has 4 heteroatoms. The van der Waals surface area contributed by atoms with Crippen molar-refractivity contribution in [3.05, 3.63) is 29.8 Å². The highest BCUT2D eigenvalue weighted by molar-refractivity contribution is 5.89. The molecular formula is C17H27N3O. The fourth-order valence-corrected chi connectivity index (χ4v) is 2.71. The van der Waals surface area contributed by atoms with E-state index in [1.807, 2.05) is 12.1 Å². The first kappa shape index (κ1) is 15.8. The van der Waals surface area contributed by atoms with Gasteiger partial charge in [-0.05, 0) is 56.3 Å². The Kier molecular flexibility index (Phi) is 5.62. The summed E-state index contributed by atoms with van der Waals surface area (Å²) in [5.74, 6) is 0.742. The predicted molar refractivity (Wildman–Crippen MR) is 87.5 cm³/mol. The van der Waals surface area contributed by atoms with Crippen LogP contribution in [0.15, 0.2) is 24.3 Å². The molecule has 2 rings (SSSR count). The summed E-state index contributed by atoms with van der Waals surface area (Å²) >= 11 is 0. The van der Waals surface area contributed by atoms with Gasteiger partial charge in [-0.25, -0.2) is 4.79 Å². The summed E-state index contributed by atoms with van der Waals surface area (Å²) in [6.07, 6.45) is 3.31. The van der Waals surface area contributed by atoms with Crippen molar-refractivity contribution in [2.24, 2.45) is 5.92 Å². The average Bonchev–Trinajstić information content (AvgIpc) is 2.44. The molecule has 0 bridgehead atoms. The Bertz CT molecular complexity index is 452. The molecule has 2 amide bonds. The van der Waals surface area contributed by atoms with Gasteiger partial charge in [0.05, 0.1) is 0 Å². The van der Waals surface area contributed by atoms with Gasteiger partial charge in [-0.15, -0.1) is 0 Å². The molecule has 1 aromatic rings. The summed E-state index contributed by atoms with van der Waals surface area (Å²) < 4.78 is 0. The van der Waals surface area contributed by atoms with Gasteiger partial charge in [0.1, 0.15) is 0 Å². The molecule has 1 aliphatic rings. The summed E-state index contributed by atoms with van der Waals surface area (Å²) in [5, 5.41) is 9.35. The highest BCUT2D eigenvalue weighted by atomic mass is 16.2. The number of carbonyl (C=O) groups excluding carboxylic acids is 1. The van der Waals surface area contributed by atoms with Crippen molar-refractivity contribution < 1.29 is 4.79 Å². The van der Waals surface area contributed by atoms with Gasteiger partial charge in [0.15, 0.2) is 0 Å². The van der Waals surface area contributed by atoms with Crippen LogP contribution in [0.3, 0.4) is 0 Å². The fourth-order valence-electron chi connectivity index (χ4n) is 2.71. The maximum atomic E-state index is 11.8. The van der Waals surface area contributed by atoms with Gasteiger partial charge in [0, 0.05) is 17.8 Å². The van der Waals surface area contributed by atoms with E-state index in [9.17, 15) is 4.79 Å². The number of hydrogen-bond acceptors (Lipinski definition) is 2. The molecule has 1 atom stereocenters. The van der Waals surface area contributed by atoms with Crippen LogP contribution in [0.25, 0.3) is 0 Å². The summed E-state index contributed by atoms with van der Waals surface area (Å²) in [7, 11) is 0. The molecule has 1 fully saturated rings. The second kappa shape index (κ2) is 7.46. The minimum atomic E-state index is -0.100. The molecule has 0 spiro atoms. The maximum absolute atomic E-state index is 11.8. The van der Waals surface area contributed by atoms with Crippen LogP contribution in [-0.2, 0) is 0 Å². The number of nitrogens with one attached hydrogen (secondary N) is 3. The first-order chi connectivity index (χ1) is 10.1. The minimum absolute atomic E-state index is 0.100. The standard InChI is InChI=1S/C17H27N3O/c1-4-9-18-13(3)14-5-7-15(8-6-14)19-17(21)20-16-10-12(2)11-16/h5-8,12-13,16,18H,4,9-11H2,1-3H3,(H2,19,20,21). The topological polar surface area (TPSA) is 53.2 Å². The number of carbonyl (C=O) groups is 1. The van der Waals surface area contributed by atoms with Crippen molar-refractivity contribution in [3.63, 3.8) is 0 Å². The summed E-state index contributed by atoms with van der Waals surface area (Å²) in [6, 6.07) is 8.63. The number of anilines is 1. The van der Waals surface area contributed by atoms with E-state index in [2.05, 4.69) is 48.9 Å². The lowest BCUT2D eigenvalue weighted by Crippen LogP contribution is -2.45. The number of amides is 2. The normalized spacial score (nSPS) is 22.2. The lowest BCUT2D eigenvalue weighted by Gasteiger charge is -2.33. The van der Waals surface area contributed by atoms with Crippen LogP contribution in [0.1, 0.15) is 51.6 Å². The number of rotatable bonds is 6. The Morgan fingerprint density at radius 1 is 1.29 bits per heavy atom. The molecule has 0 radical (unpaired) electrons. The van der Waals surface area contributed by atoms with Crippen molar-refractivity contribution >= 4 is 11.7 Å². The lowest BCUT2D eigenvalue weighted by atomic mass is 9.82. The molecule has 21 heavy (non-hydrogen) atoms. The van der Waals surface area contributed by atoms with E-state index < -0.39 is 0 Å². The first-order valence-corrected chi connectivity index (χ1v) is 7.99. The van der Waals surface area contributed by atoms with Crippen molar-refractivity contribution in [1.29, 1.82) is 0 Å². The second-order valence-electron chi connectivity index (χ2n) is 6.17. The Labute approximate surface area is 127 Å². The molecule has 4 nitrogen and oxygen atoms in total. The third kappa shape index (κ3) is 4.74. The fraction of sp³-hybridized carbons (Fsp3) is 0.588. The zero-order valence-electron chi connectivity index (χ0n) is 13.3. The summed E-state index contributed by atoms with van der Waals surface area (Å²) in [4.78, 5) is 11.8. The van der Waals surface area contributed by atoms with E-state index in [4.69, 9.17) is 0 Å². The average molecular weight is 289 g/mol. The molecular weight excluding hydrogens is 262 g/mol. The van der Waals surface area contributed by atoms with Gasteiger partial charge in [-0.3, -0.25) is 0 Å². The molecule has 0 heterocycles. The van der Waals surface area contributed by atoms with Crippen molar-refractivity contribution in [1.82, 2.24) is 10.6 Å². The van der Waals surface area contributed by atoms with Crippen LogP contribution < -0.4 is 16.0 Å². The Balaban J connectivity index is 1.80. The number of urea groups is 1. The lowest BCUT2D eigenvalue weighted by molar-refractivity contribution is 0.219. The van der Waals surface area contributed by atoms with Crippen molar-refractivity contribution in [2.75, 3.05) is 11.9 Å². The smallest absolute Gasteiger partial charge is 0.319 e. The quantitative estimate of drug-likeness (QED) is 0.748. The monoisotopic (exact) mass is 289 g/mol. The van der Waals surface area contributed by atoms with Gasteiger partial charge >= 0.3 is 6.03 Å². The number of benzene rings is 1. The maximum Gasteiger partial charge on any atom is 0.319 e. The molecule has 1 aliphatic carbocycles. The van der Waals surface area contributed by atoms with E-state index in [-0.39, 0.29) is 6.03 Å². The van der Waals surface area contributed by atoms with Crippen LogP contribution in [0, 0.1) is 5.92 Å². The van der Waals surface area contributed by atoms with Crippen molar-refractivity contribution in [3.8, 4) is 0 Å². The molecule has 0 aliphatic heterocycles. The molecule has 3 N–H and O–H groups in total. The van der Waals surface area contributed by atoms with E-state index in [0.717, 1.165) is 37.4 Å². The Morgan fingerprint density at radius 3 is 2.52 bits per heavy atom. The molecule has 0 saturated heterocycles. The highest BCUT2D eigenvalue weighted by Crippen LogP contribution is 2.26. The summed E-state index contributed by atoms with van der Waals surface area (Å²) in [5.41, 5.74) is 2.08. The summed E-state index contributed by atoms with van der Waals surface area (Å²) in [6.45, 7) is 7.54. The Morgan fingerprint density at radius 2 is 1.95 bits per heavy atom. The van der Waals surface area contributed by atoms with E-state index in [1.165, 1.54) is 5.56 Å². The zero-order valence-corrected chi connectivity index (χ0v) is 13.3. The van der Waals surface area contributed by atoms with Crippen LogP contribution in [0.2, 0.25) is 0 Å². The molecule has 116 valence electrons. The van der Waals surface area contributed by atoms with Crippen LogP contribution >= 0.6 is 0 Å². The Hall–Kier alpha value is -1.55. The molecule has 0 aromatic heterocycles. The van der Waals surface area contributed by atoms with Gasteiger partial charge in [-0.1, -0.05) is 26.0 Å². The van der Waals surface area contributed by atoms with Crippen LogP contribution in [0.4, 0.5) is 10.5 Å². The third-order valence-corrected chi connectivity index (χ3v) is 4.08. The SMILES string of the molecule is CCCNC(C)c1ccc(NC(=O)NC2CC(C)C2)cc1. The van der Waals surface area contributed by atoms with E-state index in [0.29, 0.717) is 12.1 Å². The zero-order chi connectivity index (χ0) is 15.2. The minimum Gasteiger partial charge on any atom is -0.335 e. The van der Waals surface area contributed by atoms with E-state index in [1.54, 1.807) is 0 Å². The van der Waals surface area contributed by atoms with Crippen LogP contribution in [-0.4, -0.2) is 18.6 Å². The van der Waals surface area contributed by atoms with Crippen molar-refractivity contribution in [2.45, 2.75) is 52.1 Å². The largest absolute Gasteiger partial charge is 0.335 e. The van der Waals surface area contributed by atoms with Gasteiger partial charge in [0.2, 0.25) is 0 Å². The third-order valence-electron chi connectivity index (χ3n) is 4.08. The molecule has 1 unspecified atom stereocenters. The second-order valence-corrected chi connectivity index (χ2v) is 6.17. The molecule has 1 aromatic carbocycles. The predicted octanol–water partition coefficient (Wildman–Crippen LogP) is 3.67. The van der Waals surface area contributed by atoms with Crippen LogP contribution in [0.5, 0.6) is 0 Å².